The molecule has 0 unspecified atom stereocenters. The topological polar surface area (TPSA) is 43.6 Å². The highest BCUT2D eigenvalue weighted by Gasteiger charge is 2.21. The standard InChI is InChI=1S/C20H19N2O2PS/c1-24-20(23)16-22-15-9-8-14-19(22)21-25(26,17-10-4-2-5-11-17)18-12-6-3-7-13-18/h2-15H,16H2,1H3/b21-19+. The first-order valence-electron chi connectivity index (χ1n) is 8.13. The maximum Gasteiger partial charge on any atom is 0.325 e. The van der Waals surface area contributed by atoms with Gasteiger partial charge in [0.25, 0.3) is 0 Å². The normalized spacial score (nSPS) is 12.0. The number of rotatable bonds is 5. The van der Waals surface area contributed by atoms with Gasteiger partial charge in [0, 0.05) is 16.8 Å². The van der Waals surface area contributed by atoms with Crippen molar-refractivity contribution in [1.29, 1.82) is 0 Å². The number of carbonyl (C=O) groups excluding carboxylic acids is 1. The molecule has 0 aliphatic carbocycles. The van der Waals surface area contributed by atoms with Crippen LogP contribution in [0.1, 0.15) is 0 Å². The number of hydrogen-bond donors (Lipinski definition) is 0. The summed E-state index contributed by atoms with van der Waals surface area (Å²) in [6.45, 7) is 0.0923. The van der Waals surface area contributed by atoms with Gasteiger partial charge < -0.3 is 9.30 Å². The van der Waals surface area contributed by atoms with Crippen molar-refractivity contribution in [2.75, 3.05) is 7.11 Å². The first-order valence-corrected chi connectivity index (χ1v) is 10.9. The third-order valence-corrected chi connectivity index (χ3v) is 7.89. The maximum absolute atomic E-state index is 11.7. The van der Waals surface area contributed by atoms with Crippen LogP contribution in [0.4, 0.5) is 0 Å². The molecule has 0 spiro atoms. The summed E-state index contributed by atoms with van der Waals surface area (Å²) < 4.78 is 11.6. The number of carbonyl (C=O) groups is 1. The summed E-state index contributed by atoms with van der Waals surface area (Å²) in [7, 11) is 1.38. The average Bonchev–Trinajstić information content (AvgIpc) is 2.70. The van der Waals surface area contributed by atoms with Crippen molar-refractivity contribution in [2.45, 2.75) is 6.54 Å². The smallest absolute Gasteiger partial charge is 0.325 e. The lowest BCUT2D eigenvalue weighted by molar-refractivity contribution is -0.141. The van der Waals surface area contributed by atoms with Gasteiger partial charge in [-0.15, -0.1) is 0 Å². The van der Waals surface area contributed by atoms with Gasteiger partial charge in [-0.3, -0.25) is 4.79 Å². The fourth-order valence-corrected chi connectivity index (χ4v) is 5.70. The van der Waals surface area contributed by atoms with Gasteiger partial charge in [0.15, 0.2) is 0 Å². The zero-order valence-corrected chi connectivity index (χ0v) is 16.1. The molecule has 0 aliphatic heterocycles. The van der Waals surface area contributed by atoms with Gasteiger partial charge in [-0.1, -0.05) is 78.5 Å². The Morgan fingerprint density at radius 3 is 2.04 bits per heavy atom. The number of hydrogen-bond acceptors (Lipinski definition) is 3. The number of esters is 1. The van der Waals surface area contributed by atoms with Crippen molar-refractivity contribution in [3.63, 3.8) is 0 Å². The Morgan fingerprint density at radius 1 is 0.962 bits per heavy atom. The van der Waals surface area contributed by atoms with Crippen molar-refractivity contribution >= 4 is 34.6 Å². The highest BCUT2D eigenvalue weighted by atomic mass is 32.4. The van der Waals surface area contributed by atoms with Crippen molar-refractivity contribution < 1.29 is 9.53 Å². The molecule has 0 bridgehead atoms. The molecule has 0 saturated heterocycles. The molecule has 0 N–H and O–H groups in total. The van der Waals surface area contributed by atoms with E-state index < -0.39 is 6.19 Å². The first-order chi connectivity index (χ1) is 12.6. The average molecular weight is 382 g/mol. The van der Waals surface area contributed by atoms with E-state index in [0.717, 1.165) is 10.6 Å². The molecular formula is C20H19N2O2PS. The van der Waals surface area contributed by atoms with E-state index in [1.54, 1.807) is 4.57 Å². The molecule has 132 valence electrons. The van der Waals surface area contributed by atoms with Crippen LogP contribution in [0.25, 0.3) is 0 Å². The van der Waals surface area contributed by atoms with Crippen LogP contribution < -0.4 is 16.1 Å². The van der Waals surface area contributed by atoms with E-state index in [2.05, 4.69) is 0 Å². The molecular weight excluding hydrogens is 363 g/mol. The Bertz CT molecular complexity index is 957. The molecule has 0 saturated carbocycles. The zero-order chi connectivity index (χ0) is 18.4. The Hall–Kier alpha value is -2.49. The Balaban J connectivity index is 2.21. The molecule has 3 rings (SSSR count). The summed E-state index contributed by atoms with van der Waals surface area (Å²) in [6.07, 6.45) is -0.628. The van der Waals surface area contributed by atoms with E-state index in [-0.39, 0.29) is 12.5 Å². The Labute approximate surface area is 157 Å². The van der Waals surface area contributed by atoms with Crippen molar-refractivity contribution in [2.24, 2.45) is 4.76 Å². The number of aromatic nitrogens is 1. The SMILES string of the molecule is COC(=O)Cn1cccc/c1=N\P(=S)(c1ccccc1)c1ccccc1. The lowest BCUT2D eigenvalue weighted by atomic mass is 10.4. The predicted molar refractivity (Wildman–Crippen MR) is 108 cm³/mol. The lowest BCUT2D eigenvalue weighted by Gasteiger charge is -2.19. The molecule has 0 atom stereocenters. The van der Waals surface area contributed by atoms with Gasteiger partial charge in [0.05, 0.1) is 7.11 Å². The Morgan fingerprint density at radius 2 is 1.50 bits per heavy atom. The van der Waals surface area contributed by atoms with Gasteiger partial charge in [-0.2, -0.15) is 0 Å². The zero-order valence-electron chi connectivity index (χ0n) is 14.4. The largest absolute Gasteiger partial charge is 0.468 e. The molecule has 6 heteroatoms. The summed E-state index contributed by atoms with van der Waals surface area (Å²) in [5.74, 6) is -0.328. The van der Waals surface area contributed by atoms with E-state index in [0.29, 0.717) is 5.49 Å². The van der Waals surface area contributed by atoms with Crippen LogP contribution in [-0.4, -0.2) is 17.6 Å². The highest BCUT2D eigenvalue weighted by Crippen LogP contribution is 2.44. The van der Waals surface area contributed by atoms with Crippen LogP contribution in [0.3, 0.4) is 0 Å². The van der Waals surface area contributed by atoms with Crippen LogP contribution >= 0.6 is 6.19 Å². The fourth-order valence-electron chi connectivity index (χ4n) is 2.56. The van der Waals surface area contributed by atoms with Crippen LogP contribution in [0.5, 0.6) is 0 Å². The molecule has 3 aromatic rings. The van der Waals surface area contributed by atoms with Crippen molar-refractivity contribution in [3.8, 4) is 0 Å². The molecule has 0 amide bonds. The van der Waals surface area contributed by atoms with Gasteiger partial charge in [-0.05, 0) is 12.1 Å². The minimum Gasteiger partial charge on any atom is -0.468 e. The molecule has 26 heavy (non-hydrogen) atoms. The molecule has 0 fully saturated rings. The summed E-state index contributed by atoms with van der Waals surface area (Å²) in [5.41, 5.74) is 0.661. The van der Waals surface area contributed by atoms with Gasteiger partial charge in [-0.25, -0.2) is 4.76 Å². The molecule has 2 aromatic carbocycles. The number of pyridine rings is 1. The molecule has 0 aliphatic rings. The lowest BCUT2D eigenvalue weighted by Crippen LogP contribution is -2.26. The molecule has 1 aromatic heterocycles. The van der Waals surface area contributed by atoms with E-state index in [9.17, 15) is 4.79 Å². The summed E-state index contributed by atoms with van der Waals surface area (Å²) in [5, 5.41) is 2.02. The number of methoxy groups -OCH3 is 1. The third-order valence-electron chi connectivity index (χ3n) is 3.90. The molecule has 4 nitrogen and oxygen atoms in total. The summed E-state index contributed by atoms with van der Waals surface area (Å²) >= 11 is 6.13. The van der Waals surface area contributed by atoms with Gasteiger partial charge in [0.1, 0.15) is 18.2 Å². The van der Waals surface area contributed by atoms with Gasteiger partial charge in [0.2, 0.25) is 0 Å². The van der Waals surface area contributed by atoms with Crippen LogP contribution in [0, 0.1) is 0 Å². The van der Waals surface area contributed by atoms with Crippen molar-refractivity contribution in [3.05, 3.63) is 90.5 Å². The minimum absolute atomic E-state index is 0.0923. The number of ether oxygens (including phenoxy) is 1. The monoisotopic (exact) mass is 382 g/mol. The van der Waals surface area contributed by atoms with E-state index >= 15 is 0 Å². The quantitative estimate of drug-likeness (QED) is 0.503. The second-order valence-corrected chi connectivity index (χ2v) is 9.58. The second-order valence-electron chi connectivity index (χ2n) is 5.61. The third kappa shape index (κ3) is 4.01. The van der Waals surface area contributed by atoms with Crippen LogP contribution in [0.15, 0.2) is 89.8 Å². The fraction of sp³-hybridized carbons (Fsp3) is 0.100. The van der Waals surface area contributed by atoms with Crippen LogP contribution in [-0.2, 0) is 27.9 Å². The van der Waals surface area contributed by atoms with Crippen LogP contribution in [0.2, 0.25) is 0 Å². The van der Waals surface area contributed by atoms with Crippen molar-refractivity contribution in [1.82, 2.24) is 4.57 Å². The first kappa shape index (κ1) is 18.3. The number of benzene rings is 2. The second kappa shape index (κ2) is 8.26. The minimum atomic E-state index is -2.44. The maximum atomic E-state index is 11.7. The Kier molecular flexibility index (Phi) is 5.82. The highest BCUT2D eigenvalue weighted by molar-refractivity contribution is 8.21. The number of nitrogens with zero attached hydrogens (tertiary/aromatic N) is 2. The van der Waals surface area contributed by atoms with E-state index in [4.69, 9.17) is 21.3 Å². The van der Waals surface area contributed by atoms with E-state index in [1.807, 2.05) is 85.1 Å². The summed E-state index contributed by atoms with van der Waals surface area (Å²) in [6, 6.07) is 25.5. The predicted octanol–water partition coefficient (Wildman–Crippen LogP) is 2.61. The van der Waals surface area contributed by atoms with Gasteiger partial charge >= 0.3 is 5.97 Å². The van der Waals surface area contributed by atoms with E-state index in [1.165, 1.54) is 7.11 Å². The molecule has 1 heterocycles. The summed E-state index contributed by atoms with van der Waals surface area (Å²) in [4.78, 5) is 11.7. The molecule has 0 radical (unpaired) electrons.